The van der Waals surface area contributed by atoms with Crippen LogP contribution in [0.1, 0.15) is 117 Å². The summed E-state index contributed by atoms with van der Waals surface area (Å²) in [5.41, 5.74) is -0.706. The summed E-state index contributed by atoms with van der Waals surface area (Å²) in [6.07, 6.45) is 21.1. The molecule has 0 rings (SSSR count). The molecule has 0 aliphatic heterocycles. The minimum absolute atomic E-state index is 0.413. The van der Waals surface area contributed by atoms with Gasteiger partial charge in [0.25, 0.3) is 0 Å². The molecule has 0 amide bonds. The van der Waals surface area contributed by atoms with Gasteiger partial charge in [0.1, 0.15) is 0 Å². The van der Waals surface area contributed by atoms with E-state index in [4.69, 9.17) is 4.18 Å². The Morgan fingerprint density at radius 3 is 1.42 bits per heavy atom. The molecule has 24 heavy (non-hydrogen) atoms. The fourth-order valence-electron chi connectivity index (χ4n) is 2.78. The fourth-order valence-corrected chi connectivity index (χ4v) is 3.59. The number of rotatable bonds is 19. The zero-order valence-corrected chi connectivity index (χ0v) is 17.6. The van der Waals surface area contributed by atoms with Crippen molar-refractivity contribution in [2.75, 3.05) is 12.4 Å². The lowest BCUT2D eigenvalue weighted by molar-refractivity contribution is 0.0360. The standard InChI is InChI=1S/C21H44O2S/c1-4-5-6-7-8-9-10-11-12-13-14-15-16-17-18-19-24-23-20-21(2,3)22/h22H,4-20H2,1-3H3. The number of aliphatic hydroxyl groups is 1. The molecule has 1 N–H and O–H groups in total. The van der Waals surface area contributed by atoms with E-state index >= 15 is 0 Å². The minimum atomic E-state index is -0.706. The summed E-state index contributed by atoms with van der Waals surface area (Å²) >= 11 is 1.51. The molecule has 0 spiro atoms. The summed E-state index contributed by atoms with van der Waals surface area (Å²) in [5.74, 6) is 1.05. The maximum atomic E-state index is 9.51. The van der Waals surface area contributed by atoms with E-state index in [0.717, 1.165) is 5.75 Å². The number of unbranched alkanes of at least 4 members (excludes halogenated alkanes) is 14. The molecule has 0 saturated heterocycles. The van der Waals surface area contributed by atoms with Crippen LogP contribution in [0.15, 0.2) is 0 Å². The van der Waals surface area contributed by atoms with Crippen molar-refractivity contribution in [3.05, 3.63) is 0 Å². The van der Waals surface area contributed by atoms with E-state index in [2.05, 4.69) is 6.92 Å². The van der Waals surface area contributed by atoms with Gasteiger partial charge in [-0.25, -0.2) is 0 Å². The SMILES string of the molecule is CCCCCCCCCCCCCCCCCSOCC(C)(C)O. The molecule has 0 aromatic carbocycles. The van der Waals surface area contributed by atoms with Crippen molar-refractivity contribution in [2.24, 2.45) is 0 Å². The monoisotopic (exact) mass is 360 g/mol. The smallest absolute Gasteiger partial charge is 0.0896 e. The Bertz CT molecular complexity index is 238. The van der Waals surface area contributed by atoms with Gasteiger partial charge in [-0.05, 0) is 32.3 Å². The van der Waals surface area contributed by atoms with Crippen molar-refractivity contribution in [1.82, 2.24) is 0 Å². The molecular weight excluding hydrogens is 316 g/mol. The molecule has 0 heterocycles. The highest BCUT2D eigenvalue weighted by Crippen LogP contribution is 2.15. The van der Waals surface area contributed by atoms with E-state index in [-0.39, 0.29) is 0 Å². The Hall–Kier alpha value is 0.270. The van der Waals surface area contributed by atoms with Gasteiger partial charge in [0.15, 0.2) is 0 Å². The normalized spacial score (nSPS) is 12.0. The Kier molecular flexibility index (Phi) is 18.3. The van der Waals surface area contributed by atoms with Gasteiger partial charge < -0.3 is 9.29 Å². The molecule has 0 aliphatic carbocycles. The Labute approximate surface area is 156 Å². The average Bonchev–Trinajstić information content (AvgIpc) is 2.52. The van der Waals surface area contributed by atoms with Crippen LogP contribution < -0.4 is 0 Å². The lowest BCUT2D eigenvalue weighted by atomic mass is 10.0. The van der Waals surface area contributed by atoms with Crippen LogP contribution in [0, 0.1) is 0 Å². The molecule has 0 fully saturated rings. The third-order valence-corrected chi connectivity index (χ3v) is 5.07. The molecular formula is C21H44O2S. The second-order valence-electron chi connectivity index (χ2n) is 7.85. The van der Waals surface area contributed by atoms with E-state index in [1.165, 1.54) is 108 Å². The Morgan fingerprint density at radius 1 is 0.667 bits per heavy atom. The summed E-state index contributed by atoms with van der Waals surface area (Å²) in [4.78, 5) is 0. The first-order valence-electron chi connectivity index (χ1n) is 10.5. The maximum absolute atomic E-state index is 9.51. The van der Waals surface area contributed by atoms with Gasteiger partial charge in [0.2, 0.25) is 0 Å². The van der Waals surface area contributed by atoms with Crippen molar-refractivity contribution in [2.45, 2.75) is 123 Å². The predicted octanol–water partition coefficient (Wildman–Crippen LogP) is 7.29. The fraction of sp³-hybridized carbons (Fsp3) is 1.00. The third-order valence-electron chi connectivity index (χ3n) is 4.33. The third kappa shape index (κ3) is 22.3. The van der Waals surface area contributed by atoms with E-state index in [0.29, 0.717) is 6.61 Å². The second-order valence-corrected chi connectivity index (χ2v) is 8.73. The molecule has 0 aromatic rings. The Morgan fingerprint density at radius 2 is 1.04 bits per heavy atom. The lowest BCUT2D eigenvalue weighted by Gasteiger charge is -2.15. The van der Waals surface area contributed by atoms with E-state index in [1.54, 1.807) is 13.8 Å². The zero-order chi connectivity index (χ0) is 17.9. The topological polar surface area (TPSA) is 29.5 Å². The maximum Gasteiger partial charge on any atom is 0.0896 e. The molecule has 146 valence electrons. The van der Waals surface area contributed by atoms with E-state index < -0.39 is 5.60 Å². The average molecular weight is 361 g/mol. The van der Waals surface area contributed by atoms with Crippen LogP contribution in [0.25, 0.3) is 0 Å². The molecule has 0 radical (unpaired) electrons. The quantitative estimate of drug-likeness (QED) is 0.194. The minimum Gasteiger partial charge on any atom is -0.388 e. The first-order chi connectivity index (χ1) is 11.6. The van der Waals surface area contributed by atoms with Crippen LogP contribution in [0.2, 0.25) is 0 Å². The summed E-state index contributed by atoms with van der Waals surface area (Å²) in [5, 5.41) is 9.51. The van der Waals surface area contributed by atoms with Gasteiger partial charge in [0.05, 0.1) is 12.2 Å². The van der Waals surface area contributed by atoms with Gasteiger partial charge in [-0.15, -0.1) is 0 Å². The van der Waals surface area contributed by atoms with Crippen LogP contribution >= 0.6 is 12.0 Å². The molecule has 0 saturated carbocycles. The summed E-state index contributed by atoms with van der Waals surface area (Å²) < 4.78 is 5.38. The second kappa shape index (κ2) is 18.1. The van der Waals surface area contributed by atoms with Gasteiger partial charge >= 0.3 is 0 Å². The molecule has 0 bridgehead atoms. The molecule has 2 nitrogen and oxygen atoms in total. The van der Waals surface area contributed by atoms with Crippen LogP contribution in [0.5, 0.6) is 0 Å². The molecule has 0 aliphatic rings. The number of hydrogen-bond acceptors (Lipinski definition) is 3. The summed E-state index contributed by atoms with van der Waals surface area (Å²) in [7, 11) is 0. The van der Waals surface area contributed by atoms with E-state index in [9.17, 15) is 5.11 Å². The van der Waals surface area contributed by atoms with Gasteiger partial charge in [-0.1, -0.05) is 96.8 Å². The molecule has 3 heteroatoms. The van der Waals surface area contributed by atoms with Crippen LogP contribution in [0.3, 0.4) is 0 Å². The summed E-state index contributed by atoms with van der Waals surface area (Å²) in [6, 6.07) is 0. The van der Waals surface area contributed by atoms with Crippen LogP contribution in [-0.2, 0) is 4.18 Å². The van der Waals surface area contributed by atoms with Crippen molar-refractivity contribution in [3.63, 3.8) is 0 Å². The van der Waals surface area contributed by atoms with Crippen molar-refractivity contribution < 1.29 is 9.29 Å². The van der Waals surface area contributed by atoms with Crippen molar-refractivity contribution >= 4 is 12.0 Å². The van der Waals surface area contributed by atoms with Gasteiger partial charge in [0, 0.05) is 5.75 Å². The van der Waals surface area contributed by atoms with Crippen LogP contribution in [-0.4, -0.2) is 23.1 Å². The molecule has 0 atom stereocenters. The largest absolute Gasteiger partial charge is 0.388 e. The van der Waals surface area contributed by atoms with E-state index in [1.807, 2.05) is 0 Å². The summed E-state index contributed by atoms with van der Waals surface area (Å²) in [6.45, 7) is 6.26. The van der Waals surface area contributed by atoms with Gasteiger partial charge in [-0.2, -0.15) is 0 Å². The predicted molar refractivity (Wildman–Crippen MR) is 110 cm³/mol. The highest BCUT2D eigenvalue weighted by atomic mass is 32.2. The highest BCUT2D eigenvalue weighted by molar-refractivity contribution is 7.94. The molecule has 0 aromatic heterocycles. The van der Waals surface area contributed by atoms with Gasteiger partial charge in [-0.3, -0.25) is 0 Å². The lowest BCUT2D eigenvalue weighted by Crippen LogP contribution is -2.24. The highest BCUT2D eigenvalue weighted by Gasteiger charge is 2.12. The first kappa shape index (κ1) is 24.3. The zero-order valence-electron chi connectivity index (χ0n) is 16.8. The van der Waals surface area contributed by atoms with Crippen molar-refractivity contribution in [1.29, 1.82) is 0 Å². The first-order valence-corrected chi connectivity index (χ1v) is 11.4. The Balaban J connectivity index is 3.00. The van der Waals surface area contributed by atoms with Crippen molar-refractivity contribution in [3.8, 4) is 0 Å². The number of hydrogen-bond donors (Lipinski definition) is 1. The van der Waals surface area contributed by atoms with Crippen LogP contribution in [0.4, 0.5) is 0 Å². The molecule has 0 unspecified atom stereocenters.